The lowest BCUT2D eigenvalue weighted by Crippen LogP contribution is -2.00. The molecule has 0 fully saturated rings. The van der Waals surface area contributed by atoms with Crippen LogP contribution >= 0.6 is 0 Å². The predicted octanol–water partition coefficient (Wildman–Crippen LogP) is 10.8. The van der Waals surface area contributed by atoms with Crippen molar-refractivity contribution in [1.29, 1.82) is 0 Å². The number of rotatable bonds is 5. The zero-order chi connectivity index (χ0) is 32.3. The summed E-state index contributed by atoms with van der Waals surface area (Å²) in [5.41, 5.74) is 11.9. The molecular weight excluding hydrogens is 599 g/mol. The molecule has 10 aromatic rings. The minimum Gasteiger partial charge on any atom is -0.309 e. The summed E-state index contributed by atoms with van der Waals surface area (Å²) in [4.78, 5) is 0. The molecule has 0 aliphatic rings. The van der Waals surface area contributed by atoms with Gasteiger partial charge in [0.2, 0.25) is 0 Å². The second-order valence-electron chi connectivity index (χ2n) is 12.4. The molecule has 10 rings (SSSR count). The molecule has 5 nitrogen and oxygen atoms in total. The molecule has 0 radical (unpaired) electrons. The van der Waals surface area contributed by atoms with Crippen molar-refractivity contribution in [3.8, 4) is 39.6 Å². The molecule has 0 unspecified atom stereocenters. The highest BCUT2D eigenvalue weighted by Crippen LogP contribution is 2.40. The second-order valence-corrected chi connectivity index (χ2v) is 12.4. The van der Waals surface area contributed by atoms with Gasteiger partial charge in [0, 0.05) is 44.0 Å². The molecule has 230 valence electrons. The first-order chi connectivity index (χ1) is 24.3. The maximum atomic E-state index is 4.68. The van der Waals surface area contributed by atoms with Crippen molar-refractivity contribution in [2.24, 2.45) is 0 Å². The Bertz CT molecular complexity index is 2730. The summed E-state index contributed by atoms with van der Waals surface area (Å²) in [6.07, 6.45) is 0. The average Bonchev–Trinajstić information content (AvgIpc) is 3.86. The highest BCUT2D eigenvalue weighted by Gasteiger charge is 2.20. The third-order valence-corrected chi connectivity index (χ3v) is 9.60. The fraction of sp³-hybridized carbons (Fsp3) is 0. The normalized spacial score (nSPS) is 11.7. The van der Waals surface area contributed by atoms with Crippen LogP contribution in [0.1, 0.15) is 0 Å². The van der Waals surface area contributed by atoms with E-state index in [1.54, 1.807) is 0 Å². The lowest BCUT2D eigenvalue weighted by atomic mass is 10.0. The first-order valence-electron chi connectivity index (χ1n) is 16.5. The Morgan fingerprint density at radius 2 is 0.816 bits per heavy atom. The van der Waals surface area contributed by atoms with Gasteiger partial charge in [-0.05, 0) is 60.7 Å². The van der Waals surface area contributed by atoms with E-state index < -0.39 is 0 Å². The minimum atomic E-state index is 0.853. The van der Waals surface area contributed by atoms with E-state index in [1.807, 2.05) is 41.1 Å². The van der Waals surface area contributed by atoms with Gasteiger partial charge in [0.15, 0.2) is 0 Å². The maximum Gasteiger partial charge on any atom is 0.121 e. The van der Waals surface area contributed by atoms with Crippen molar-refractivity contribution in [3.63, 3.8) is 0 Å². The molecule has 0 spiro atoms. The Balaban J connectivity index is 1.19. The Morgan fingerprint density at radius 1 is 0.347 bits per heavy atom. The number of para-hydroxylation sites is 4. The highest BCUT2D eigenvalue weighted by molar-refractivity contribution is 6.19. The summed E-state index contributed by atoms with van der Waals surface area (Å²) in [6.45, 7) is 0. The number of fused-ring (bicyclic) bond motifs is 6. The van der Waals surface area contributed by atoms with Crippen LogP contribution in [-0.2, 0) is 0 Å². The summed E-state index contributed by atoms with van der Waals surface area (Å²) in [6, 6.07) is 62.2. The molecular formula is C44H29N5. The van der Waals surface area contributed by atoms with Crippen molar-refractivity contribution in [1.82, 2.24) is 24.1 Å². The Kier molecular flexibility index (Phi) is 6.11. The molecule has 0 amide bonds. The second kappa shape index (κ2) is 10.9. The largest absolute Gasteiger partial charge is 0.309 e. The minimum absolute atomic E-state index is 0.853. The van der Waals surface area contributed by atoms with E-state index >= 15 is 0 Å². The molecule has 0 saturated carbocycles. The van der Waals surface area contributed by atoms with Gasteiger partial charge in [0.05, 0.1) is 27.8 Å². The monoisotopic (exact) mass is 627 g/mol. The molecule has 3 heterocycles. The molecule has 5 heteroatoms. The molecule has 0 atom stereocenters. The molecule has 0 aliphatic carbocycles. The van der Waals surface area contributed by atoms with Crippen molar-refractivity contribution < 1.29 is 0 Å². The van der Waals surface area contributed by atoms with Gasteiger partial charge in [-0.1, -0.05) is 120 Å². The van der Waals surface area contributed by atoms with Crippen molar-refractivity contribution in [2.45, 2.75) is 0 Å². The lowest BCUT2D eigenvalue weighted by molar-refractivity contribution is 0.808. The maximum absolute atomic E-state index is 4.68. The van der Waals surface area contributed by atoms with Gasteiger partial charge in [-0.25, -0.2) is 4.68 Å². The number of hydrogen-bond acceptors (Lipinski definition) is 2. The van der Waals surface area contributed by atoms with Gasteiger partial charge >= 0.3 is 0 Å². The smallest absolute Gasteiger partial charge is 0.121 e. The van der Waals surface area contributed by atoms with Crippen LogP contribution in [0.5, 0.6) is 0 Å². The SMILES string of the molecule is c1ccc(-c2nnn(-c3ccccc3)c2-c2ccc(-n3c4ccccc4c4cc5c(cc43)c3ccccc3n5-c3ccccc3)cc2)cc1. The first kappa shape index (κ1) is 27.4. The Labute approximate surface area is 282 Å². The molecule has 0 saturated heterocycles. The van der Waals surface area contributed by atoms with Gasteiger partial charge in [-0.15, -0.1) is 5.10 Å². The van der Waals surface area contributed by atoms with E-state index in [0.717, 1.165) is 39.6 Å². The van der Waals surface area contributed by atoms with E-state index in [-0.39, 0.29) is 0 Å². The third-order valence-electron chi connectivity index (χ3n) is 9.60. The van der Waals surface area contributed by atoms with Crippen LogP contribution in [0.25, 0.3) is 83.2 Å². The number of benzene rings is 7. The van der Waals surface area contributed by atoms with Crippen LogP contribution in [-0.4, -0.2) is 24.1 Å². The van der Waals surface area contributed by atoms with E-state index in [4.69, 9.17) is 0 Å². The van der Waals surface area contributed by atoms with Crippen LogP contribution in [0.15, 0.2) is 176 Å². The summed E-state index contributed by atoms with van der Waals surface area (Å²) >= 11 is 0. The van der Waals surface area contributed by atoms with Crippen LogP contribution < -0.4 is 0 Å². The van der Waals surface area contributed by atoms with Crippen LogP contribution in [0.4, 0.5) is 0 Å². The number of hydrogen-bond donors (Lipinski definition) is 0. The molecule has 0 aliphatic heterocycles. The Hall–Kier alpha value is -6.72. The van der Waals surface area contributed by atoms with Crippen molar-refractivity contribution in [3.05, 3.63) is 176 Å². The fourth-order valence-corrected chi connectivity index (χ4v) is 7.41. The summed E-state index contributed by atoms with van der Waals surface area (Å²) < 4.78 is 6.73. The standard InChI is InChI=1S/C44H29N5/c1-4-14-30(15-5-1)43-44(49(46-45-43)34-18-8-3-9-19-34)31-24-26-33(27-25-31)48-40-23-13-11-21-36(40)38-28-41-37(29-42(38)48)35-20-10-12-22-39(35)47(41)32-16-6-2-7-17-32/h1-29H. The molecule has 7 aromatic carbocycles. The predicted molar refractivity (Wildman–Crippen MR) is 201 cm³/mol. The van der Waals surface area contributed by atoms with Crippen molar-refractivity contribution >= 4 is 43.6 Å². The molecule has 3 aromatic heterocycles. The number of aromatic nitrogens is 5. The summed E-state index contributed by atoms with van der Waals surface area (Å²) in [7, 11) is 0. The zero-order valence-corrected chi connectivity index (χ0v) is 26.5. The van der Waals surface area contributed by atoms with Gasteiger partial charge in [0.25, 0.3) is 0 Å². The Morgan fingerprint density at radius 3 is 1.39 bits per heavy atom. The summed E-state index contributed by atoms with van der Waals surface area (Å²) in [5, 5.41) is 14.2. The highest BCUT2D eigenvalue weighted by atomic mass is 15.4. The molecule has 0 bridgehead atoms. The van der Waals surface area contributed by atoms with E-state index in [9.17, 15) is 0 Å². The lowest BCUT2D eigenvalue weighted by Gasteiger charge is -2.12. The van der Waals surface area contributed by atoms with Gasteiger partial charge in [0.1, 0.15) is 11.4 Å². The molecule has 49 heavy (non-hydrogen) atoms. The first-order valence-corrected chi connectivity index (χ1v) is 16.5. The fourth-order valence-electron chi connectivity index (χ4n) is 7.41. The molecule has 0 N–H and O–H groups in total. The average molecular weight is 628 g/mol. The third kappa shape index (κ3) is 4.26. The van der Waals surface area contributed by atoms with E-state index in [0.29, 0.717) is 0 Å². The van der Waals surface area contributed by atoms with Gasteiger partial charge in [-0.3, -0.25) is 0 Å². The topological polar surface area (TPSA) is 40.6 Å². The number of nitrogens with zero attached hydrogens (tertiary/aromatic N) is 5. The van der Waals surface area contributed by atoms with Crippen LogP contribution in [0, 0.1) is 0 Å². The quantitative estimate of drug-likeness (QED) is 0.190. The van der Waals surface area contributed by atoms with Crippen LogP contribution in [0.2, 0.25) is 0 Å². The van der Waals surface area contributed by atoms with Gasteiger partial charge in [-0.2, -0.15) is 0 Å². The van der Waals surface area contributed by atoms with Crippen LogP contribution in [0.3, 0.4) is 0 Å². The van der Waals surface area contributed by atoms with Crippen molar-refractivity contribution in [2.75, 3.05) is 0 Å². The summed E-state index contributed by atoms with van der Waals surface area (Å²) in [5.74, 6) is 0. The van der Waals surface area contributed by atoms with E-state index in [1.165, 1.54) is 43.6 Å². The van der Waals surface area contributed by atoms with Gasteiger partial charge < -0.3 is 9.13 Å². The van der Waals surface area contributed by atoms with E-state index in [2.05, 4.69) is 159 Å². The zero-order valence-electron chi connectivity index (χ0n) is 26.5.